The molecule has 1 unspecified atom stereocenters. The molecule has 1 saturated carbocycles. The molecular weight excluding hydrogens is 196 g/mol. The fraction of sp³-hybridized carbons (Fsp3) is 1.00. The molecule has 0 radical (unpaired) electrons. The highest BCUT2D eigenvalue weighted by Crippen LogP contribution is 2.32. The molecule has 0 aromatic heterocycles. The monoisotopic (exact) mass is 226 g/mol. The summed E-state index contributed by atoms with van der Waals surface area (Å²) in [5.74, 6) is 1.78. The standard InChI is InChI=1S/C15H30O/c1-3-4-5-6-7-8-13(2)14-9-11-15(16)12-10-14/h13-16H,3-12H2,1-2H3. The van der Waals surface area contributed by atoms with Crippen LogP contribution in [0.1, 0.15) is 78.1 Å². The summed E-state index contributed by atoms with van der Waals surface area (Å²) in [5, 5.41) is 9.48. The first-order valence-electron chi connectivity index (χ1n) is 7.42. The summed E-state index contributed by atoms with van der Waals surface area (Å²) in [5.41, 5.74) is 0. The fourth-order valence-electron chi connectivity index (χ4n) is 2.98. The van der Waals surface area contributed by atoms with Gasteiger partial charge >= 0.3 is 0 Å². The minimum atomic E-state index is 0.00741. The second kappa shape index (κ2) is 8.11. The largest absolute Gasteiger partial charge is 0.393 e. The first kappa shape index (κ1) is 14.0. The van der Waals surface area contributed by atoms with Gasteiger partial charge in [-0.1, -0.05) is 52.4 Å². The van der Waals surface area contributed by atoms with E-state index in [-0.39, 0.29) is 6.10 Å². The Kier molecular flexibility index (Phi) is 7.11. The summed E-state index contributed by atoms with van der Waals surface area (Å²) >= 11 is 0. The zero-order chi connectivity index (χ0) is 11.8. The summed E-state index contributed by atoms with van der Waals surface area (Å²) in [6, 6.07) is 0. The van der Waals surface area contributed by atoms with Crippen molar-refractivity contribution in [2.24, 2.45) is 11.8 Å². The van der Waals surface area contributed by atoms with Gasteiger partial charge < -0.3 is 5.11 Å². The fourth-order valence-corrected chi connectivity index (χ4v) is 2.98. The second-order valence-corrected chi connectivity index (χ2v) is 5.75. The number of unbranched alkanes of at least 4 members (excludes halogenated alkanes) is 4. The van der Waals surface area contributed by atoms with E-state index in [4.69, 9.17) is 0 Å². The van der Waals surface area contributed by atoms with Gasteiger partial charge in [0.2, 0.25) is 0 Å². The molecular formula is C15H30O. The van der Waals surface area contributed by atoms with Crippen LogP contribution in [0.3, 0.4) is 0 Å². The third-order valence-electron chi connectivity index (χ3n) is 4.31. The van der Waals surface area contributed by atoms with Crippen LogP contribution in [-0.2, 0) is 0 Å². The van der Waals surface area contributed by atoms with E-state index in [0.29, 0.717) is 0 Å². The third kappa shape index (κ3) is 5.34. The first-order chi connectivity index (χ1) is 7.74. The van der Waals surface area contributed by atoms with E-state index in [0.717, 1.165) is 24.7 Å². The topological polar surface area (TPSA) is 20.2 Å². The van der Waals surface area contributed by atoms with E-state index in [1.165, 1.54) is 51.4 Å². The zero-order valence-electron chi connectivity index (χ0n) is 11.3. The lowest BCUT2D eigenvalue weighted by Gasteiger charge is -2.30. The number of aliphatic hydroxyl groups excluding tert-OH is 1. The maximum atomic E-state index is 9.48. The van der Waals surface area contributed by atoms with Crippen molar-refractivity contribution in [3.8, 4) is 0 Å². The molecule has 0 aromatic carbocycles. The van der Waals surface area contributed by atoms with Crippen LogP contribution in [0.5, 0.6) is 0 Å². The van der Waals surface area contributed by atoms with Crippen molar-refractivity contribution in [1.82, 2.24) is 0 Å². The van der Waals surface area contributed by atoms with Crippen LogP contribution in [0, 0.1) is 11.8 Å². The van der Waals surface area contributed by atoms with Crippen LogP contribution in [-0.4, -0.2) is 11.2 Å². The molecule has 1 aliphatic rings. The van der Waals surface area contributed by atoms with E-state index in [1.54, 1.807) is 0 Å². The first-order valence-corrected chi connectivity index (χ1v) is 7.42. The van der Waals surface area contributed by atoms with Crippen LogP contribution < -0.4 is 0 Å². The van der Waals surface area contributed by atoms with Crippen LogP contribution in [0.15, 0.2) is 0 Å². The lowest BCUT2D eigenvalue weighted by atomic mass is 9.78. The number of rotatable bonds is 7. The summed E-state index contributed by atoms with van der Waals surface area (Å²) in [4.78, 5) is 0. The third-order valence-corrected chi connectivity index (χ3v) is 4.31. The Hall–Kier alpha value is -0.0400. The van der Waals surface area contributed by atoms with E-state index >= 15 is 0 Å². The molecule has 1 aliphatic carbocycles. The van der Waals surface area contributed by atoms with Crippen molar-refractivity contribution in [3.05, 3.63) is 0 Å². The SMILES string of the molecule is CCCCCCCC(C)C1CCC(O)CC1. The molecule has 96 valence electrons. The van der Waals surface area contributed by atoms with Gasteiger partial charge in [0, 0.05) is 0 Å². The normalized spacial score (nSPS) is 27.9. The lowest BCUT2D eigenvalue weighted by Crippen LogP contribution is -2.22. The molecule has 0 spiro atoms. The molecule has 1 atom stereocenters. The van der Waals surface area contributed by atoms with Gasteiger partial charge in [0.1, 0.15) is 0 Å². The Labute approximate surface area is 102 Å². The quantitative estimate of drug-likeness (QED) is 0.632. The summed E-state index contributed by atoms with van der Waals surface area (Å²) < 4.78 is 0. The van der Waals surface area contributed by atoms with E-state index in [9.17, 15) is 5.11 Å². The van der Waals surface area contributed by atoms with Crippen LogP contribution in [0.4, 0.5) is 0 Å². The Morgan fingerprint density at radius 3 is 2.25 bits per heavy atom. The number of hydrogen-bond donors (Lipinski definition) is 1. The molecule has 1 rings (SSSR count). The Balaban J connectivity index is 2.03. The molecule has 1 heteroatoms. The van der Waals surface area contributed by atoms with Crippen LogP contribution in [0.25, 0.3) is 0 Å². The predicted octanol–water partition coefficient (Wildman–Crippen LogP) is 4.53. The predicted molar refractivity (Wildman–Crippen MR) is 70.5 cm³/mol. The second-order valence-electron chi connectivity index (χ2n) is 5.75. The van der Waals surface area contributed by atoms with Gasteiger partial charge in [0.25, 0.3) is 0 Å². The molecule has 1 nitrogen and oxygen atoms in total. The Morgan fingerprint density at radius 1 is 1.00 bits per heavy atom. The van der Waals surface area contributed by atoms with Gasteiger partial charge in [0.15, 0.2) is 0 Å². The number of aliphatic hydroxyl groups is 1. The van der Waals surface area contributed by atoms with Gasteiger partial charge in [0.05, 0.1) is 6.10 Å². The van der Waals surface area contributed by atoms with E-state index < -0.39 is 0 Å². The average molecular weight is 226 g/mol. The highest BCUT2D eigenvalue weighted by atomic mass is 16.3. The molecule has 0 saturated heterocycles. The average Bonchev–Trinajstić information content (AvgIpc) is 2.29. The van der Waals surface area contributed by atoms with Crippen LogP contribution in [0.2, 0.25) is 0 Å². The highest BCUT2D eigenvalue weighted by molar-refractivity contribution is 4.75. The van der Waals surface area contributed by atoms with Gasteiger partial charge in [-0.05, 0) is 37.5 Å². The molecule has 0 amide bonds. The Morgan fingerprint density at radius 2 is 1.62 bits per heavy atom. The van der Waals surface area contributed by atoms with Crippen molar-refractivity contribution >= 4 is 0 Å². The van der Waals surface area contributed by atoms with Crippen molar-refractivity contribution in [2.75, 3.05) is 0 Å². The molecule has 0 aliphatic heterocycles. The van der Waals surface area contributed by atoms with Crippen LogP contribution >= 0.6 is 0 Å². The smallest absolute Gasteiger partial charge is 0.0540 e. The summed E-state index contributed by atoms with van der Waals surface area (Å²) in [6.07, 6.45) is 13.0. The van der Waals surface area contributed by atoms with Crippen molar-refractivity contribution in [3.63, 3.8) is 0 Å². The maximum Gasteiger partial charge on any atom is 0.0540 e. The number of hydrogen-bond acceptors (Lipinski definition) is 1. The van der Waals surface area contributed by atoms with Crippen molar-refractivity contribution in [2.45, 2.75) is 84.2 Å². The van der Waals surface area contributed by atoms with Gasteiger partial charge in [-0.2, -0.15) is 0 Å². The minimum Gasteiger partial charge on any atom is -0.393 e. The molecule has 0 bridgehead atoms. The van der Waals surface area contributed by atoms with Crippen molar-refractivity contribution in [1.29, 1.82) is 0 Å². The van der Waals surface area contributed by atoms with Gasteiger partial charge in [-0.15, -0.1) is 0 Å². The van der Waals surface area contributed by atoms with Gasteiger partial charge in [-0.3, -0.25) is 0 Å². The lowest BCUT2D eigenvalue weighted by molar-refractivity contribution is 0.0917. The molecule has 0 heterocycles. The summed E-state index contributed by atoms with van der Waals surface area (Å²) in [7, 11) is 0. The zero-order valence-corrected chi connectivity index (χ0v) is 11.3. The Bertz CT molecular complexity index is 159. The molecule has 1 fully saturated rings. The summed E-state index contributed by atoms with van der Waals surface area (Å²) in [6.45, 7) is 4.69. The maximum absolute atomic E-state index is 9.48. The van der Waals surface area contributed by atoms with Crippen molar-refractivity contribution < 1.29 is 5.11 Å². The van der Waals surface area contributed by atoms with Gasteiger partial charge in [-0.25, -0.2) is 0 Å². The van der Waals surface area contributed by atoms with E-state index in [1.807, 2.05) is 0 Å². The highest BCUT2D eigenvalue weighted by Gasteiger charge is 2.23. The molecule has 16 heavy (non-hydrogen) atoms. The van der Waals surface area contributed by atoms with E-state index in [2.05, 4.69) is 13.8 Å². The minimum absolute atomic E-state index is 0.00741. The molecule has 0 aromatic rings. The molecule has 1 N–H and O–H groups in total.